The Balaban J connectivity index is 2.75. The summed E-state index contributed by atoms with van der Waals surface area (Å²) in [5.41, 5.74) is 0.160. The number of carbonyl (C=O) groups excluding carboxylic acids is 1. The maximum Gasteiger partial charge on any atom is 0.326 e. The average Bonchev–Trinajstić information content (AvgIpc) is 2.75. The van der Waals surface area contributed by atoms with E-state index in [0.717, 1.165) is 0 Å². The summed E-state index contributed by atoms with van der Waals surface area (Å²) in [7, 11) is 0. The van der Waals surface area contributed by atoms with Crippen molar-refractivity contribution in [3.05, 3.63) is 17.8 Å². The molecule has 0 bridgehead atoms. The first kappa shape index (κ1) is 14.2. The monoisotopic (exact) mass is 254 g/mol. The van der Waals surface area contributed by atoms with E-state index in [2.05, 4.69) is 10.3 Å². The lowest BCUT2D eigenvalue weighted by Crippen LogP contribution is -2.42. The third-order valence-corrected chi connectivity index (χ3v) is 2.49. The number of carbonyl (C=O) groups is 2. The van der Waals surface area contributed by atoms with Crippen LogP contribution in [0.2, 0.25) is 0 Å². The molecule has 1 atom stereocenters. The van der Waals surface area contributed by atoms with E-state index >= 15 is 0 Å². The van der Waals surface area contributed by atoms with E-state index in [-0.39, 0.29) is 11.6 Å². The summed E-state index contributed by atoms with van der Waals surface area (Å²) in [5, 5.41) is 11.5. The van der Waals surface area contributed by atoms with E-state index in [1.165, 1.54) is 6.39 Å². The van der Waals surface area contributed by atoms with Crippen LogP contribution in [-0.4, -0.2) is 28.0 Å². The van der Waals surface area contributed by atoms with Gasteiger partial charge in [0.1, 0.15) is 11.8 Å². The summed E-state index contributed by atoms with van der Waals surface area (Å²) < 4.78 is 5.04. The molecular weight excluding hydrogens is 236 g/mol. The molecule has 2 N–H and O–H groups in total. The van der Waals surface area contributed by atoms with Crippen LogP contribution in [0.1, 0.15) is 43.4 Å². The van der Waals surface area contributed by atoms with Crippen LogP contribution in [0, 0.1) is 5.92 Å². The molecule has 0 saturated carbocycles. The topological polar surface area (TPSA) is 92.4 Å². The number of carboxylic acids is 1. The molecule has 0 aromatic carbocycles. The summed E-state index contributed by atoms with van der Waals surface area (Å²) in [4.78, 5) is 26.7. The van der Waals surface area contributed by atoms with Crippen molar-refractivity contribution in [2.45, 2.75) is 39.7 Å². The number of rotatable bonds is 6. The summed E-state index contributed by atoms with van der Waals surface area (Å²) in [6.45, 7) is 5.63. The normalized spacial score (nSPS) is 12.4. The number of hydrogen-bond donors (Lipinski definition) is 2. The van der Waals surface area contributed by atoms with E-state index < -0.39 is 17.9 Å². The SMILES string of the molecule is CCc1ocnc1C(=O)N[C@@H](CC(C)C)C(=O)O. The van der Waals surface area contributed by atoms with Gasteiger partial charge in [-0.1, -0.05) is 20.8 Å². The molecule has 0 aliphatic heterocycles. The zero-order valence-electron chi connectivity index (χ0n) is 10.8. The number of aryl methyl sites for hydroxylation is 1. The van der Waals surface area contributed by atoms with Crippen LogP contribution in [0.25, 0.3) is 0 Å². The summed E-state index contributed by atoms with van der Waals surface area (Å²) in [6.07, 6.45) is 2.09. The Kier molecular flexibility index (Phi) is 4.88. The Morgan fingerprint density at radius 1 is 1.50 bits per heavy atom. The standard InChI is InChI=1S/C12H18N2O4/c1-4-9-10(13-6-18-9)11(15)14-8(12(16)17)5-7(2)3/h6-8H,4-5H2,1-3H3,(H,14,15)(H,16,17)/t8-/m0/s1. The van der Waals surface area contributed by atoms with Crippen molar-refractivity contribution in [1.29, 1.82) is 0 Å². The Bertz CT molecular complexity index is 425. The lowest BCUT2D eigenvalue weighted by molar-refractivity contribution is -0.139. The molecule has 0 spiro atoms. The lowest BCUT2D eigenvalue weighted by atomic mass is 10.0. The van der Waals surface area contributed by atoms with Crippen molar-refractivity contribution in [1.82, 2.24) is 10.3 Å². The van der Waals surface area contributed by atoms with Crippen molar-refractivity contribution in [3.63, 3.8) is 0 Å². The highest BCUT2D eigenvalue weighted by Gasteiger charge is 2.24. The molecule has 6 nitrogen and oxygen atoms in total. The van der Waals surface area contributed by atoms with Gasteiger partial charge in [0.25, 0.3) is 5.91 Å². The first-order valence-corrected chi connectivity index (χ1v) is 5.91. The fraction of sp³-hybridized carbons (Fsp3) is 0.583. The predicted octanol–water partition coefficient (Wildman–Crippen LogP) is 1.47. The Labute approximate surface area is 105 Å². The molecule has 1 aromatic heterocycles. The van der Waals surface area contributed by atoms with Crippen molar-refractivity contribution in [2.24, 2.45) is 5.92 Å². The number of hydrogen-bond acceptors (Lipinski definition) is 4. The number of aliphatic carboxylic acids is 1. The van der Waals surface area contributed by atoms with Gasteiger partial charge in [-0.15, -0.1) is 0 Å². The molecule has 100 valence electrons. The number of aromatic nitrogens is 1. The fourth-order valence-corrected chi connectivity index (χ4v) is 1.63. The molecule has 1 amide bonds. The van der Waals surface area contributed by atoms with Crippen molar-refractivity contribution < 1.29 is 19.1 Å². The highest BCUT2D eigenvalue weighted by molar-refractivity contribution is 5.95. The van der Waals surface area contributed by atoms with Crippen LogP contribution >= 0.6 is 0 Å². The Morgan fingerprint density at radius 2 is 2.17 bits per heavy atom. The lowest BCUT2D eigenvalue weighted by Gasteiger charge is -2.15. The summed E-state index contributed by atoms with van der Waals surface area (Å²) >= 11 is 0. The second kappa shape index (κ2) is 6.18. The number of carboxylic acid groups (broad SMARTS) is 1. The molecule has 18 heavy (non-hydrogen) atoms. The molecule has 1 heterocycles. The third kappa shape index (κ3) is 3.58. The van der Waals surface area contributed by atoms with Gasteiger partial charge in [-0.3, -0.25) is 4.79 Å². The molecule has 0 aliphatic carbocycles. The molecule has 6 heteroatoms. The highest BCUT2D eigenvalue weighted by atomic mass is 16.4. The molecule has 0 radical (unpaired) electrons. The van der Waals surface area contributed by atoms with Gasteiger partial charge < -0.3 is 14.8 Å². The molecular formula is C12H18N2O4. The number of oxazole rings is 1. The van der Waals surface area contributed by atoms with Crippen LogP contribution in [0.15, 0.2) is 10.8 Å². The summed E-state index contributed by atoms with van der Waals surface area (Å²) in [5.74, 6) is -0.914. The zero-order valence-corrected chi connectivity index (χ0v) is 10.8. The van der Waals surface area contributed by atoms with Crippen molar-refractivity contribution in [3.8, 4) is 0 Å². The summed E-state index contributed by atoms with van der Waals surface area (Å²) in [6, 6.07) is -0.904. The smallest absolute Gasteiger partial charge is 0.326 e. The maximum absolute atomic E-state index is 11.9. The van der Waals surface area contributed by atoms with Crippen LogP contribution < -0.4 is 5.32 Å². The third-order valence-electron chi connectivity index (χ3n) is 2.49. The highest BCUT2D eigenvalue weighted by Crippen LogP contribution is 2.10. The van der Waals surface area contributed by atoms with Gasteiger partial charge in [0.05, 0.1) is 0 Å². The largest absolute Gasteiger partial charge is 0.480 e. The van der Waals surface area contributed by atoms with E-state index in [9.17, 15) is 9.59 Å². The molecule has 0 unspecified atom stereocenters. The average molecular weight is 254 g/mol. The van der Waals surface area contributed by atoms with E-state index in [1.807, 2.05) is 20.8 Å². The minimum absolute atomic E-state index is 0.160. The van der Waals surface area contributed by atoms with Crippen LogP contribution in [-0.2, 0) is 11.2 Å². The first-order valence-electron chi connectivity index (χ1n) is 5.91. The molecule has 0 fully saturated rings. The van der Waals surface area contributed by atoms with Gasteiger partial charge in [0.15, 0.2) is 12.1 Å². The minimum atomic E-state index is -1.04. The Morgan fingerprint density at radius 3 is 2.67 bits per heavy atom. The molecule has 1 aromatic rings. The maximum atomic E-state index is 11.9. The fourth-order valence-electron chi connectivity index (χ4n) is 1.63. The van der Waals surface area contributed by atoms with Crippen molar-refractivity contribution >= 4 is 11.9 Å². The van der Waals surface area contributed by atoms with Gasteiger partial charge in [-0.05, 0) is 12.3 Å². The number of amides is 1. The number of nitrogens with zero attached hydrogens (tertiary/aromatic N) is 1. The van der Waals surface area contributed by atoms with Gasteiger partial charge in [0, 0.05) is 6.42 Å². The van der Waals surface area contributed by atoms with Gasteiger partial charge >= 0.3 is 5.97 Å². The minimum Gasteiger partial charge on any atom is -0.480 e. The van der Waals surface area contributed by atoms with Gasteiger partial charge in [-0.25, -0.2) is 9.78 Å². The number of nitrogens with one attached hydrogen (secondary N) is 1. The predicted molar refractivity (Wildman–Crippen MR) is 64.2 cm³/mol. The van der Waals surface area contributed by atoms with Crippen LogP contribution in [0.5, 0.6) is 0 Å². The first-order chi connectivity index (χ1) is 8.45. The van der Waals surface area contributed by atoms with Gasteiger partial charge in [-0.2, -0.15) is 0 Å². The quantitative estimate of drug-likeness (QED) is 0.801. The zero-order chi connectivity index (χ0) is 13.7. The van der Waals surface area contributed by atoms with Gasteiger partial charge in [0.2, 0.25) is 0 Å². The van der Waals surface area contributed by atoms with Crippen LogP contribution in [0.3, 0.4) is 0 Å². The molecule has 0 saturated heterocycles. The Hall–Kier alpha value is -1.85. The molecule has 0 aliphatic rings. The second-order valence-electron chi connectivity index (χ2n) is 4.47. The van der Waals surface area contributed by atoms with E-state index in [4.69, 9.17) is 9.52 Å². The second-order valence-corrected chi connectivity index (χ2v) is 4.47. The van der Waals surface area contributed by atoms with E-state index in [0.29, 0.717) is 18.6 Å². The van der Waals surface area contributed by atoms with Crippen molar-refractivity contribution in [2.75, 3.05) is 0 Å². The molecule has 1 rings (SSSR count). The van der Waals surface area contributed by atoms with Crippen LogP contribution in [0.4, 0.5) is 0 Å². The van der Waals surface area contributed by atoms with E-state index in [1.54, 1.807) is 0 Å².